The molecule has 1 N–H and O–H groups in total. The van der Waals surface area contributed by atoms with Crippen LogP contribution in [-0.4, -0.2) is 7.05 Å². The summed E-state index contributed by atoms with van der Waals surface area (Å²) in [6.07, 6.45) is 0. The number of hydrogen-bond acceptors (Lipinski definition) is 2. The number of rotatable bonds is 4. The van der Waals surface area contributed by atoms with Crippen LogP contribution in [0.4, 0.5) is 0 Å². The summed E-state index contributed by atoms with van der Waals surface area (Å²) in [5.41, 5.74) is 3.26. The molecule has 2 aromatic carbocycles. The first-order valence-electron chi connectivity index (χ1n) is 6.73. The average Bonchev–Trinajstić information content (AvgIpc) is 2.44. The molecule has 0 saturated heterocycles. The van der Waals surface area contributed by atoms with E-state index >= 15 is 0 Å². The Morgan fingerprint density at radius 1 is 1.05 bits per heavy atom. The minimum Gasteiger partial charge on any atom is -0.457 e. The fraction of sp³-hybridized carbons (Fsp3) is 0.294. The Morgan fingerprint density at radius 3 is 2.30 bits per heavy atom. The summed E-state index contributed by atoms with van der Waals surface area (Å²) in [4.78, 5) is 0. The van der Waals surface area contributed by atoms with Crippen LogP contribution in [0.2, 0.25) is 5.02 Å². The molecule has 1 atom stereocenters. The van der Waals surface area contributed by atoms with Gasteiger partial charge in [-0.1, -0.05) is 23.7 Å². The highest BCUT2D eigenvalue weighted by atomic mass is 35.5. The molecule has 0 amide bonds. The predicted molar refractivity (Wildman–Crippen MR) is 84.9 cm³/mol. The lowest BCUT2D eigenvalue weighted by Gasteiger charge is -2.13. The lowest BCUT2D eigenvalue weighted by atomic mass is 10.1. The first-order chi connectivity index (χ1) is 9.51. The van der Waals surface area contributed by atoms with Gasteiger partial charge in [0, 0.05) is 11.1 Å². The SMILES string of the molecule is CNC(C)c1cccc(Oc2cc(C)c(Cl)c(C)c2)c1. The number of aryl methyl sites for hydroxylation is 2. The van der Waals surface area contributed by atoms with Crippen LogP contribution in [0, 0.1) is 13.8 Å². The molecule has 2 nitrogen and oxygen atoms in total. The van der Waals surface area contributed by atoms with Crippen molar-refractivity contribution in [3.8, 4) is 11.5 Å². The van der Waals surface area contributed by atoms with Crippen LogP contribution < -0.4 is 10.1 Å². The van der Waals surface area contributed by atoms with Crippen LogP contribution in [0.3, 0.4) is 0 Å². The third kappa shape index (κ3) is 3.33. The van der Waals surface area contributed by atoms with Crippen molar-refractivity contribution in [3.63, 3.8) is 0 Å². The summed E-state index contributed by atoms with van der Waals surface area (Å²) in [5, 5.41) is 4.03. The summed E-state index contributed by atoms with van der Waals surface area (Å²) < 4.78 is 5.94. The topological polar surface area (TPSA) is 21.3 Å². The highest BCUT2D eigenvalue weighted by Gasteiger charge is 2.07. The van der Waals surface area contributed by atoms with Gasteiger partial charge in [-0.3, -0.25) is 0 Å². The minimum atomic E-state index is 0.298. The van der Waals surface area contributed by atoms with Gasteiger partial charge in [0.1, 0.15) is 11.5 Å². The van der Waals surface area contributed by atoms with Crippen LogP contribution in [0.5, 0.6) is 11.5 Å². The largest absolute Gasteiger partial charge is 0.457 e. The summed E-state index contributed by atoms with van der Waals surface area (Å²) in [5.74, 6) is 1.66. The second-order valence-electron chi connectivity index (χ2n) is 5.06. The van der Waals surface area contributed by atoms with Crippen molar-refractivity contribution in [2.75, 3.05) is 7.05 Å². The Morgan fingerprint density at radius 2 is 1.70 bits per heavy atom. The second-order valence-corrected chi connectivity index (χ2v) is 5.43. The van der Waals surface area contributed by atoms with E-state index in [0.29, 0.717) is 6.04 Å². The summed E-state index contributed by atoms with van der Waals surface area (Å²) >= 11 is 6.17. The van der Waals surface area contributed by atoms with Gasteiger partial charge < -0.3 is 10.1 Å². The predicted octanol–water partition coefficient (Wildman–Crippen LogP) is 5.03. The van der Waals surface area contributed by atoms with E-state index in [1.807, 2.05) is 45.2 Å². The van der Waals surface area contributed by atoms with Crippen LogP contribution in [0.25, 0.3) is 0 Å². The molecule has 2 rings (SSSR count). The zero-order valence-electron chi connectivity index (χ0n) is 12.3. The maximum absolute atomic E-state index is 6.17. The van der Waals surface area contributed by atoms with E-state index in [1.54, 1.807) is 0 Å². The van der Waals surface area contributed by atoms with Gasteiger partial charge in [-0.15, -0.1) is 0 Å². The molecule has 0 heterocycles. The highest BCUT2D eigenvalue weighted by molar-refractivity contribution is 6.32. The quantitative estimate of drug-likeness (QED) is 0.852. The van der Waals surface area contributed by atoms with E-state index < -0.39 is 0 Å². The van der Waals surface area contributed by atoms with Crippen molar-refractivity contribution in [2.45, 2.75) is 26.8 Å². The van der Waals surface area contributed by atoms with Crippen molar-refractivity contribution < 1.29 is 4.74 Å². The number of halogens is 1. The average molecular weight is 290 g/mol. The molecule has 0 aliphatic heterocycles. The van der Waals surface area contributed by atoms with Crippen LogP contribution >= 0.6 is 11.6 Å². The molecule has 2 aromatic rings. The Labute approximate surface area is 125 Å². The Bertz CT molecular complexity index is 587. The lowest BCUT2D eigenvalue weighted by Crippen LogP contribution is -2.12. The van der Waals surface area contributed by atoms with E-state index in [0.717, 1.165) is 27.6 Å². The van der Waals surface area contributed by atoms with Gasteiger partial charge in [0.05, 0.1) is 0 Å². The molecule has 20 heavy (non-hydrogen) atoms. The Balaban J connectivity index is 2.26. The van der Waals surface area contributed by atoms with Crippen molar-refractivity contribution >= 4 is 11.6 Å². The molecule has 1 unspecified atom stereocenters. The zero-order valence-corrected chi connectivity index (χ0v) is 13.1. The Kier molecular flexibility index (Phi) is 4.69. The fourth-order valence-electron chi connectivity index (χ4n) is 2.12. The van der Waals surface area contributed by atoms with E-state index in [2.05, 4.69) is 24.4 Å². The zero-order chi connectivity index (χ0) is 14.7. The molecule has 0 spiro atoms. The molecule has 3 heteroatoms. The number of benzene rings is 2. The molecule has 0 saturated carbocycles. The van der Waals surface area contributed by atoms with E-state index in [9.17, 15) is 0 Å². The fourth-order valence-corrected chi connectivity index (χ4v) is 2.22. The summed E-state index contributed by atoms with van der Waals surface area (Å²) in [7, 11) is 1.95. The molecular weight excluding hydrogens is 270 g/mol. The van der Waals surface area contributed by atoms with Crippen molar-refractivity contribution in [1.29, 1.82) is 0 Å². The molecule has 0 bridgehead atoms. The normalized spacial score (nSPS) is 12.2. The first kappa shape index (κ1) is 14.9. The number of hydrogen-bond donors (Lipinski definition) is 1. The van der Waals surface area contributed by atoms with Crippen LogP contribution in [0.1, 0.15) is 29.7 Å². The van der Waals surface area contributed by atoms with Crippen molar-refractivity contribution in [2.24, 2.45) is 0 Å². The smallest absolute Gasteiger partial charge is 0.128 e. The molecular formula is C17H20ClNO. The van der Waals surface area contributed by atoms with Gasteiger partial charge in [-0.2, -0.15) is 0 Å². The van der Waals surface area contributed by atoms with Gasteiger partial charge in [-0.25, -0.2) is 0 Å². The number of ether oxygens (including phenoxy) is 1. The minimum absolute atomic E-state index is 0.298. The third-order valence-electron chi connectivity index (χ3n) is 3.44. The molecule has 0 aliphatic rings. The van der Waals surface area contributed by atoms with Crippen molar-refractivity contribution in [1.82, 2.24) is 5.32 Å². The Hall–Kier alpha value is -1.51. The molecule has 106 valence electrons. The standard InChI is InChI=1S/C17H20ClNO/c1-11-8-16(9-12(2)17(11)18)20-15-7-5-6-14(10-15)13(3)19-4/h5-10,13,19H,1-4H3. The molecule has 0 radical (unpaired) electrons. The number of nitrogens with one attached hydrogen (secondary N) is 1. The van der Waals surface area contributed by atoms with E-state index in [4.69, 9.17) is 16.3 Å². The van der Waals surface area contributed by atoms with Gasteiger partial charge in [0.25, 0.3) is 0 Å². The third-order valence-corrected chi connectivity index (χ3v) is 4.03. The molecule has 0 aromatic heterocycles. The van der Waals surface area contributed by atoms with E-state index in [-0.39, 0.29) is 0 Å². The van der Waals surface area contributed by atoms with Gasteiger partial charge in [0.15, 0.2) is 0 Å². The van der Waals surface area contributed by atoms with Gasteiger partial charge >= 0.3 is 0 Å². The lowest BCUT2D eigenvalue weighted by molar-refractivity contribution is 0.480. The van der Waals surface area contributed by atoms with Crippen LogP contribution in [0.15, 0.2) is 36.4 Å². The maximum atomic E-state index is 6.17. The monoisotopic (exact) mass is 289 g/mol. The van der Waals surface area contributed by atoms with Gasteiger partial charge in [-0.05, 0) is 68.8 Å². The molecule has 0 aliphatic carbocycles. The van der Waals surface area contributed by atoms with E-state index in [1.165, 1.54) is 5.56 Å². The highest BCUT2D eigenvalue weighted by Crippen LogP contribution is 2.30. The van der Waals surface area contributed by atoms with Crippen LogP contribution in [-0.2, 0) is 0 Å². The van der Waals surface area contributed by atoms with Crippen molar-refractivity contribution in [3.05, 3.63) is 58.1 Å². The summed E-state index contributed by atoms with van der Waals surface area (Å²) in [6, 6.07) is 12.3. The van der Waals surface area contributed by atoms with Gasteiger partial charge in [0.2, 0.25) is 0 Å². The molecule has 0 fully saturated rings. The second kappa shape index (κ2) is 6.29. The first-order valence-corrected chi connectivity index (χ1v) is 7.11. The maximum Gasteiger partial charge on any atom is 0.128 e. The summed E-state index contributed by atoms with van der Waals surface area (Å²) in [6.45, 7) is 6.10.